The van der Waals surface area contributed by atoms with Gasteiger partial charge in [-0.2, -0.15) is 0 Å². The van der Waals surface area contributed by atoms with E-state index in [2.05, 4.69) is 0 Å². The molecule has 5 nitrogen and oxygen atoms in total. The van der Waals surface area contributed by atoms with Crippen LogP contribution in [0.15, 0.2) is 18.2 Å². The lowest BCUT2D eigenvalue weighted by Gasteiger charge is -2.17. The molecule has 1 aromatic carbocycles. The molecule has 0 heterocycles. The summed E-state index contributed by atoms with van der Waals surface area (Å²) in [6, 6.07) is 4.23. The van der Waals surface area contributed by atoms with Gasteiger partial charge in [-0.05, 0) is 24.0 Å². The Kier molecular flexibility index (Phi) is 4.06. The minimum Gasteiger partial charge on any atom is -0.462 e. The Morgan fingerprint density at radius 3 is 2.44 bits per heavy atom. The van der Waals surface area contributed by atoms with E-state index in [-0.39, 0.29) is 23.3 Å². The standard InChI is InChI=1S/C13H17NO4/c1-9-5-10(7-11(6-9)14(16)17)12(15)18-8-13(2,3)4/h5-7H,8H2,1-4H3. The van der Waals surface area contributed by atoms with Crippen molar-refractivity contribution in [1.29, 1.82) is 0 Å². The Morgan fingerprint density at radius 1 is 1.33 bits per heavy atom. The number of non-ortho nitro benzene ring substituents is 1. The van der Waals surface area contributed by atoms with Crippen LogP contribution in [0.1, 0.15) is 36.7 Å². The largest absolute Gasteiger partial charge is 0.462 e. The van der Waals surface area contributed by atoms with Crippen molar-refractivity contribution in [1.82, 2.24) is 0 Å². The highest BCUT2D eigenvalue weighted by molar-refractivity contribution is 5.90. The van der Waals surface area contributed by atoms with Gasteiger partial charge in [-0.15, -0.1) is 0 Å². The zero-order chi connectivity index (χ0) is 13.9. The number of hydrogen-bond donors (Lipinski definition) is 0. The first-order chi connectivity index (χ1) is 8.19. The third-order valence-electron chi connectivity index (χ3n) is 2.14. The van der Waals surface area contributed by atoms with E-state index in [4.69, 9.17) is 4.74 Å². The van der Waals surface area contributed by atoms with E-state index in [1.54, 1.807) is 13.0 Å². The van der Waals surface area contributed by atoms with E-state index in [1.165, 1.54) is 12.1 Å². The van der Waals surface area contributed by atoms with Crippen molar-refractivity contribution in [2.24, 2.45) is 5.41 Å². The van der Waals surface area contributed by atoms with Gasteiger partial charge in [-0.3, -0.25) is 10.1 Å². The number of ether oxygens (including phenoxy) is 1. The maximum absolute atomic E-state index is 11.8. The monoisotopic (exact) mass is 251 g/mol. The molecule has 0 atom stereocenters. The SMILES string of the molecule is Cc1cc(C(=O)OCC(C)(C)C)cc([N+](=O)[O-])c1. The van der Waals surface area contributed by atoms with Crippen molar-refractivity contribution in [3.63, 3.8) is 0 Å². The number of esters is 1. The Hall–Kier alpha value is -1.91. The summed E-state index contributed by atoms with van der Waals surface area (Å²) in [6.07, 6.45) is 0. The van der Waals surface area contributed by atoms with Crippen molar-refractivity contribution in [2.75, 3.05) is 6.61 Å². The third-order valence-corrected chi connectivity index (χ3v) is 2.14. The number of nitrogens with zero attached hydrogens (tertiary/aromatic N) is 1. The first-order valence-corrected chi connectivity index (χ1v) is 5.62. The van der Waals surface area contributed by atoms with Crippen molar-refractivity contribution in [3.05, 3.63) is 39.4 Å². The molecule has 0 bridgehead atoms. The van der Waals surface area contributed by atoms with Gasteiger partial charge >= 0.3 is 5.97 Å². The molecular weight excluding hydrogens is 234 g/mol. The highest BCUT2D eigenvalue weighted by atomic mass is 16.6. The molecule has 18 heavy (non-hydrogen) atoms. The maximum atomic E-state index is 11.8. The van der Waals surface area contributed by atoms with Crippen LogP contribution in [-0.4, -0.2) is 17.5 Å². The van der Waals surface area contributed by atoms with Gasteiger partial charge in [0.15, 0.2) is 0 Å². The maximum Gasteiger partial charge on any atom is 0.338 e. The summed E-state index contributed by atoms with van der Waals surface area (Å²) in [6.45, 7) is 7.80. The fraction of sp³-hybridized carbons (Fsp3) is 0.462. The zero-order valence-corrected chi connectivity index (χ0v) is 11.0. The second kappa shape index (κ2) is 5.16. The molecule has 0 aliphatic heterocycles. The van der Waals surface area contributed by atoms with Gasteiger partial charge in [0, 0.05) is 12.1 Å². The Balaban J connectivity index is 2.89. The van der Waals surface area contributed by atoms with Crippen LogP contribution in [0, 0.1) is 22.5 Å². The number of nitro benzene ring substituents is 1. The summed E-state index contributed by atoms with van der Waals surface area (Å²) in [5, 5.41) is 10.7. The Labute approximate surface area is 106 Å². The van der Waals surface area contributed by atoms with Gasteiger partial charge < -0.3 is 4.74 Å². The summed E-state index contributed by atoms with van der Waals surface area (Å²) < 4.78 is 5.12. The second-order valence-electron chi connectivity index (χ2n) is 5.45. The molecule has 0 aromatic heterocycles. The Morgan fingerprint density at radius 2 is 1.94 bits per heavy atom. The van der Waals surface area contributed by atoms with Gasteiger partial charge in [0.05, 0.1) is 17.1 Å². The number of carbonyl (C=O) groups is 1. The molecule has 5 heteroatoms. The van der Waals surface area contributed by atoms with Crippen molar-refractivity contribution in [3.8, 4) is 0 Å². The molecule has 0 spiro atoms. The smallest absolute Gasteiger partial charge is 0.338 e. The van der Waals surface area contributed by atoms with Crippen molar-refractivity contribution >= 4 is 11.7 Å². The summed E-state index contributed by atoms with van der Waals surface area (Å²) >= 11 is 0. The topological polar surface area (TPSA) is 69.4 Å². The van der Waals surface area contributed by atoms with Gasteiger partial charge in [0.1, 0.15) is 0 Å². The first-order valence-electron chi connectivity index (χ1n) is 5.62. The van der Waals surface area contributed by atoms with Crippen LogP contribution in [0.3, 0.4) is 0 Å². The van der Waals surface area contributed by atoms with Gasteiger partial charge in [-0.25, -0.2) is 4.79 Å². The lowest BCUT2D eigenvalue weighted by Crippen LogP contribution is -2.18. The summed E-state index contributed by atoms with van der Waals surface area (Å²) in [5.74, 6) is -0.531. The summed E-state index contributed by atoms with van der Waals surface area (Å²) in [7, 11) is 0. The Bertz CT molecular complexity index is 474. The molecule has 98 valence electrons. The van der Waals surface area contributed by atoms with E-state index in [0.29, 0.717) is 5.56 Å². The van der Waals surface area contributed by atoms with Gasteiger partial charge in [-0.1, -0.05) is 20.8 Å². The molecule has 0 unspecified atom stereocenters. The van der Waals surface area contributed by atoms with Crippen molar-refractivity contribution < 1.29 is 14.5 Å². The molecule has 1 rings (SSSR count). The lowest BCUT2D eigenvalue weighted by atomic mass is 9.99. The average molecular weight is 251 g/mol. The lowest BCUT2D eigenvalue weighted by molar-refractivity contribution is -0.384. The fourth-order valence-corrected chi connectivity index (χ4v) is 1.35. The van der Waals surface area contributed by atoms with Crippen LogP contribution in [0.2, 0.25) is 0 Å². The van der Waals surface area contributed by atoms with E-state index in [0.717, 1.165) is 0 Å². The van der Waals surface area contributed by atoms with Crippen LogP contribution >= 0.6 is 0 Å². The quantitative estimate of drug-likeness (QED) is 0.470. The summed E-state index contributed by atoms with van der Waals surface area (Å²) in [4.78, 5) is 22.0. The molecular formula is C13H17NO4. The number of rotatable bonds is 3. The van der Waals surface area contributed by atoms with Gasteiger partial charge in [0.2, 0.25) is 0 Å². The van der Waals surface area contributed by atoms with Crippen LogP contribution in [0.25, 0.3) is 0 Å². The number of benzene rings is 1. The fourth-order valence-electron chi connectivity index (χ4n) is 1.35. The number of aryl methyl sites for hydroxylation is 1. The van der Waals surface area contributed by atoms with Crippen LogP contribution in [0.4, 0.5) is 5.69 Å². The van der Waals surface area contributed by atoms with E-state index >= 15 is 0 Å². The zero-order valence-electron chi connectivity index (χ0n) is 11.0. The van der Waals surface area contributed by atoms with Gasteiger partial charge in [0.25, 0.3) is 5.69 Å². The highest BCUT2D eigenvalue weighted by Crippen LogP contribution is 2.19. The molecule has 0 amide bonds. The normalized spacial score (nSPS) is 11.1. The molecule has 0 fully saturated rings. The van der Waals surface area contributed by atoms with Crippen LogP contribution in [0.5, 0.6) is 0 Å². The third kappa shape index (κ3) is 4.16. The van der Waals surface area contributed by atoms with E-state index in [9.17, 15) is 14.9 Å². The predicted molar refractivity (Wildman–Crippen MR) is 67.6 cm³/mol. The molecule has 0 radical (unpaired) electrons. The van der Waals surface area contributed by atoms with Crippen molar-refractivity contribution in [2.45, 2.75) is 27.7 Å². The number of carbonyl (C=O) groups excluding carboxylic acids is 1. The minimum absolute atomic E-state index is 0.0993. The second-order valence-corrected chi connectivity index (χ2v) is 5.45. The van der Waals surface area contributed by atoms with Crippen LogP contribution < -0.4 is 0 Å². The predicted octanol–water partition coefficient (Wildman–Crippen LogP) is 3.11. The average Bonchev–Trinajstić information content (AvgIpc) is 2.23. The molecule has 0 N–H and O–H groups in total. The number of hydrogen-bond acceptors (Lipinski definition) is 4. The number of nitro groups is 1. The van der Waals surface area contributed by atoms with Crippen LogP contribution in [-0.2, 0) is 4.74 Å². The molecule has 0 aliphatic carbocycles. The first kappa shape index (κ1) is 14.2. The molecule has 0 aliphatic rings. The molecule has 0 saturated carbocycles. The molecule has 0 saturated heterocycles. The van der Waals surface area contributed by atoms with E-state index < -0.39 is 10.9 Å². The summed E-state index contributed by atoms with van der Waals surface area (Å²) in [5.41, 5.74) is 0.640. The highest BCUT2D eigenvalue weighted by Gasteiger charge is 2.17. The minimum atomic E-state index is -0.531. The van der Waals surface area contributed by atoms with E-state index in [1.807, 2.05) is 20.8 Å². The molecule has 1 aromatic rings.